The Balaban J connectivity index is 1.27. The highest BCUT2D eigenvalue weighted by molar-refractivity contribution is 7.25. The molecule has 8 nitrogen and oxygen atoms in total. The number of thiophene rings is 1. The number of ether oxygens (including phenoxy) is 1. The van der Waals surface area contributed by atoms with Gasteiger partial charge in [0.2, 0.25) is 5.95 Å². The number of nitrogens with zero attached hydrogens (tertiary/aromatic N) is 5. The number of benzene rings is 1. The molecular formula is C24H29N7OS. The van der Waals surface area contributed by atoms with E-state index in [0.717, 1.165) is 60.9 Å². The van der Waals surface area contributed by atoms with E-state index in [2.05, 4.69) is 44.9 Å². The molecule has 0 unspecified atom stereocenters. The van der Waals surface area contributed by atoms with Crippen LogP contribution in [0.15, 0.2) is 36.7 Å². The van der Waals surface area contributed by atoms with Gasteiger partial charge >= 0.3 is 0 Å². The minimum atomic E-state index is 0.422. The van der Waals surface area contributed by atoms with Gasteiger partial charge in [-0.25, -0.2) is 4.98 Å². The number of anilines is 3. The molecule has 3 aromatic heterocycles. The fourth-order valence-corrected chi connectivity index (χ4v) is 6.20. The number of nitrogens with one attached hydrogen (secondary N) is 2. The summed E-state index contributed by atoms with van der Waals surface area (Å²) in [6, 6.07) is 9.61. The molecule has 1 aromatic carbocycles. The van der Waals surface area contributed by atoms with E-state index in [1.807, 2.05) is 13.2 Å². The Kier molecular flexibility index (Phi) is 5.61. The van der Waals surface area contributed by atoms with Gasteiger partial charge in [-0.1, -0.05) is 18.2 Å². The third kappa shape index (κ3) is 4.28. The van der Waals surface area contributed by atoms with Crippen molar-refractivity contribution < 1.29 is 4.74 Å². The largest absolute Gasteiger partial charge is 0.379 e. The zero-order chi connectivity index (χ0) is 22.2. The molecule has 4 heterocycles. The molecule has 6 rings (SSSR count). The first-order valence-electron chi connectivity index (χ1n) is 11.8. The third-order valence-electron chi connectivity index (χ3n) is 6.80. The van der Waals surface area contributed by atoms with Gasteiger partial charge in [0, 0.05) is 48.5 Å². The zero-order valence-corrected chi connectivity index (χ0v) is 19.6. The summed E-state index contributed by atoms with van der Waals surface area (Å²) in [4.78, 5) is 13.4. The lowest BCUT2D eigenvalue weighted by atomic mass is 9.90. The van der Waals surface area contributed by atoms with Crippen LogP contribution >= 0.6 is 11.3 Å². The Labute approximate surface area is 197 Å². The van der Waals surface area contributed by atoms with Crippen LogP contribution in [0.1, 0.15) is 25.7 Å². The normalized spacial score (nSPS) is 22.1. The van der Waals surface area contributed by atoms with Crippen molar-refractivity contribution in [1.82, 2.24) is 24.6 Å². The van der Waals surface area contributed by atoms with Crippen molar-refractivity contribution in [3.8, 4) is 0 Å². The molecule has 4 aromatic rings. The summed E-state index contributed by atoms with van der Waals surface area (Å²) in [5.74, 6) is 1.53. The lowest BCUT2D eigenvalue weighted by molar-refractivity contribution is 0.00791. The summed E-state index contributed by atoms with van der Waals surface area (Å²) in [5, 5.41) is 13.7. The van der Waals surface area contributed by atoms with Crippen molar-refractivity contribution in [2.45, 2.75) is 37.8 Å². The highest BCUT2D eigenvalue weighted by Gasteiger charge is 2.28. The molecule has 0 amide bonds. The Hall–Kier alpha value is -2.75. The van der Waals surface area contributed by atoms with Crippen molar-refractivity contribution in [2.24, 2.45) is 7.05 Å². The SMILES string of the molecule is Cn1cc(Nc2nc(N[C@H]3CC[C@H](N4CCOCC4)CC3)c3c(n2)sc2ccccc23)cn1. The molecule has 1 aliphatic carbocycles. The van der Waals surface area contributed by atoms with Gasteiger partial charge in [0.05, 0.1) is 30.5 Å². The van der Waals surface area contributed by atoms with Gasteiger partial charge in [-0.3, -0.25) is 9.58 Å². The number of morpholine rings is 1. The van der Waals surface area contributed by atoms with Crippen LogP contribution < -0.4 is 10.6 Å². The van der Waals surface area contributed by atoms with Crippen molar-refractivity contribution in [2.75, 3.05) is 36.9 Å². The Morgan fingerprint density at radius 2 is 1.88 bits per heavy atom. The monoisotopic (exact) mass is 463 g/mol. The van der Waals surface area contributed by atoms with Crippen molar-refractivity contribution in [3.05, 3.63) is 36.7 Å². The molecule has 0 spiro atoms. The van der Waals surface area contributed by atoms with Gasteiger partial charge in [-0.15, -0.1) is 11.3 Å². The lowest BCUT2D eigenvalue weighted by Crippen LogP contribution is -2.46. The Morgan fingerprint density at radius 3 is 2.67 bits per heavy atom. The van der Waals surface area contributed by atoms with Crippen molar-refractivity contribution in [1.29, 1.82) is 0 Å². The van der Waals surface area contributed by atoms with E-state index >= 15 is 0 Å². The second-order valence-electron chi connectivity index (χ2n) is 9.00. The second kappa shape index (κ2) is 8.89. The third-order valence-corrected chi connectivity index (χ3v) is 7.86. The first kappa shape index (κ1) is 20.8. The highest BCUT2D eigenvalue weighted by Crippen LogP contribution is 2.38. The van der Waals surface area contributed by atoms with Crippen LogP contribution in [0.25, 0.3) is 20.3 Å². The van der Waals surface area contributed by atoms with Crippen LogP contribution in [-0.2, 0) is 11.8 Å². The molecule has 2 fully saturated rings. The number of aryl methyl sites for hydroxylation is 1. The van der Waals surface area contributed by atoms with Crippen LogP contribution in [0.2, 0.25) is 0 Å². The van der Waals surface area contributed by atoms with Crippen LogP contribution in [0, 0.1) is 0 Å². The van der Waals surface area contributed by atoms with Crippen LogP contribution in [0.4, 0.5) is 17.5 Å². The minimum absolute atomic E-state index is 0.422. The van der Waals surface area contributed by atoms with Crippen molar-refractivity contribution >= 4 is 49.1 Å². The number of hydrogen-bond acceptors (Lipinski definition) is 8. The van der Waals surface area contributed by atoms with Crippen LogP contribution in [0.5, 0.6) is 0 Å². The molecule has 0 atom stereocenters. The molecule has 9 heteroatoms. The number of hydrogen-bond donors (Lipinski definition) is 2. The zero-order valence-electron chi connectivity index (χ0n) is 18.8. The van der Waals surface area contributed by atoms with Crippen molar-refractivity contribution in [3.63, 3.8) is 0 Å². The maximum Gasteiger partial charge on any atom is 0.230 e. The van der Waals surface area contributed by atoms with Crippen LogP contribution in [0.3, 0.4) is 0 Å². The standard InChI is InChI=1S/C24H29N7OS/c1-30-15-17(14-25-30)27-24-28-22(21-19-4-2-3-5-20(19)33-23(21)29-24)26-16-6-8-18(9-7-16)31-10-12-32-13-11-31/h2-5,14-16,18H,6-13H2,1H3,(H2,26,27,28,29)/t16-,18-. The van der Waals surface area contributed by atoms with Gasteiger partial charge in [-0.05, 0) is 31.7 Å². The highest BCUT2D eigenvalue weighted by atomic mass is 32.1. The van der Waals surface area contributed by atoms with Gasteiger partial charge in [0.1, 0.15) is 10.6 Å². The first-order valence-corrected chi connectivity index (χ1v) is 12.6. The predicted octanol–water partition coefficient (Wildman–Crippen LogP) is 4.38. The Bertz CT molecular complexity index is 1250. The first-order chi connectivity index (χ1) is 16.2. The fraction of sp³-hybridized carbons (Fsp3) is 0.458. The molecule has 1 saturated carbocycles. The number of rotatable bonds is 5. The lowest BCUT2D eigenvalue weighted by Gasteiger charge is -2.39. The van der Waals surface area contributed by atoms with E-state index < -0.39 is 0 Å². The summed E-state index contributed by atoms with van der Waals surface area (Å²) in [6.07, 6.45) is 8.47. The average molecular weight is 464 g/mol. The molecule has 0 bridgehead atoms. The molecule has 1 saturated heterocycles. The molecule has 1 aliphatic heterocycles. The fourth-order valence-electron chi connectivity index (χ4n) is 5.12. The molecular weight excluding hydrogens is 434 g/mol. The maximum atomic E-state index is 5.54. The summed E-state index contributed by atoms with van der Waals surface area (Å²) in [5.41, 5.74) is 0.884. The van der Waals surface area contributed by atoms with Crippen LogP contribution in [-0.4, -0.2) is 63.0 Å². The van der Waals surface area contributed by atoms with E-state index in [-0.39, 0.29) is 0 Å². The van der Waals surface area contributed by atoms with E-state index in [1.54, 1.807) is 22.2 Å². The molecule has 0 radical (unpaired) electrons. The summed E-state index contributed by atoms with van der Waals surface area (Å²) in [6.45, 7) is 3.88. The summed E-state index contributed by atoms with van der Waals surface area (Å²) < 4.78 is 8.54. The predicted molar refractivity (Wildman–Crippen MR) is 133 cm³/mol. The number of fused-ring (bicyclic) bond motifs is 3. The second-order valence-corrected chi connectivity index (χ2v) is 10.0. The molecule has 33 heavy (non-hydrogen) atoms. The van der Waals surface area contributed by atoms with Gasteiger partial charge in [-0.2, -0.15) is 10.1 Å². The quantitative estimate of drug-likeness (QED) is 0.455. The Morgan fingerprint density at radius 1 is 1.06 bits per heavy atom. The topological polar surface area (TPSA) is 80.1 Å². The van der Waals surface area contributed by atoms with E-state index in [0.29, 0.717) is 18.0 Å². The average Bonchev–Trinajstić information content (AvgIpc) is 3.43. The van der Waals surface area contributed by atoms with E-state index in [4.69, 9.17) is 14.7 Å². The van der Waals surface area contributed by atoms with Gasteiger partial charge in [0.15, 0.2) is 0 Å². The molecule has 172 valence electrons. The van der Waals surface area contributed by atoms with Gasteiger partial charge in [0.25, 0.3) is 0 Å². The van der Waals surface area contributed by atoms with E-state index in [9.17, 15) is 0 Å². The minimum Gasteiger partial charge on any atom is -0.379 e. The number of aromatic nitrogens is 4. The van der Waals surface area contributed by atoms with E-state index in [1.165, 1.54) is 22.9 Å². The summed E-state index contributed by atoms with van der Waals surface area (Å²) >= 11 is 1.72. The van der Waals surface area contributed by atoms with Gasteiger partial charge < -0.3 is 15.4 Å². The molecule has 2 N–H and O–H groups in total. The maximum absolute atomic E-state index is 5.54. The molecule has 2 aliphatic rings. The smallest absolute Gasteiger partial charge is 0.230 e. The summed E-state index contributed by atoms with van der Waals surface area (Å²) in [7, 11) is 1.90.